The molecule has 0 atom stereocenters. The highest BCUT2D eigenvalue weighted by molar-refractivity contribution is 6.74. The first kappa shape index (κ1) is 15.6. The average molecular weight is 248 g/mol. The van der Waals surface area contributed by atoms with E-state index in [1.54, 1.807) is 0 Å². The Kier molecular flexibility index (Phi) is 6.21. The van der Waals surface area contributed by atoms with Gasteiger partial charge in [-0.2, -0.15) is 0 Å². The summed E-state index contributed by atoms with van der Waals surface area (Å²) >= 11 is 0. The second-order valence-corrected chi connectivity index (χ2v) is 10.2. The van der Waals surface area contributed by atoms with E-state index in [1.165, 1.54) is 0 Å². The van der Waals surface area contributed by atoms with Crippen molar-refractivity contribution >= 4 is 14.3 Å². The molecule has 5 heteroatoms. The molecule has 0 aliphatic carbocycles. The lowest BCUT2D eigenvalue weighted by atomic mass is 10.2. The molecule has 0 unspecified atom stereocenters. The third kappa shape index (κ3) is 6.25. The van der Waals surface area contributed by atoms with Crippen LogP contribution >= 0.6 is 0 Å². The first-order valence-corrected chi connectivity index (χ1v) is 8.51. The molecular formula is C11H24O4Si. The van der Waals surface area contributed by atoms with Gasteiger partial charge in [-0.05, 0) is 18.1 Å². The summed E-state index contributed by atoms with van der Waals surface area (Å²) < 4.78 is 11.0. The summed E-state index contributed by atoms with van der Waals surface area (Å²) in [7, 11) is -1.68. The predicted molar refractivity (Wildman–Crippen MR) is 66.2 cm³/mol. The maximum absolute atomic E-state index is 10.2. The summed E-state index contributed by atoms with van der Waals surface area (Å²) in [5.74, 6) is -0.828. The molecule has 0 aliphatic heterocycles. The summed E-state index contributed by atoms with van der Waals surface area (Å²) in [6, 6.07) is 0. The summed E-state index contributed by atoms with van der Waals surface area (Å²) in [6.45, 7) is 12.2. The minimum Gasteiger partial charge on any atom is -0.481 e. The van der Waals surface area contributed by atoms with Crippen LogP contribution in [-0.4, -0.2) is 39.2 Å². The third-order valence-electron chi connectivity index (χ3n) is 2.96. The molecule has 0 saturated heterocycles. The van der Waals surface area contributed by atoms with Crippen LogP contribution in [-0.2, 0) is 14.0 Å². The molecule has 0 heterocycles. The lowest BCUT2D eigenvalue weighted by Gasteiger charge is -2.36. The van der Waals surface area contributed by atoms with Gasteiger partial charge >= 0.3 is 5.97 Å². The molecule has 0 amide bonds. The highest BCUT2D eigenvalue weighted by atomic mass is 28.4. The van der Waals surface area contributed by atoms with Gasteiger partial charge in [0.05, 0.1) is 26.2 Å². The minimum absolute atomic E-state index is 0.0556. The molecular weight excluding hydrogens is 224 g/mol. The van der Waals surface area contributed by atoms with E-state index in [1.807, 2.05) is 0 Å². The summed E-state index contributed by atoms with van der Waals surface area (Å²) in [6.07, 6.45) is 0.0556. The Bertz CT molecular complexity index is 221. The Morgan fingerprint density at radius 2 is 1.75 bits per heavy atom. The molecule has 0 bridgehead atoms. The molecule has 4 nitrogen and oxygen atoms in total. The number of hydrogen-bond donors (Lipinski definition) is 1. The Hall–Kier alpha value is -0.393. The highest BCUT2D eigenvalue weighted by Crippen LogP contribution is 2.36. The number of carbonyl (C=O) groups is 1. The molecule has 0 aliphatic rings. The molecule has 0 fully saturated rings. The summed E-state index contributed by atoms with van der Waals surface area (Å²) in [5.41, 5.74) is 0. The zero-order valence-electron chi connectivity index (χ0n) is 11.0. The molecule has 0 spiro atoms. The fraction of sp³-hybridized carbons (Fsp3) is 0.909. The number of aliphatic carboxylic acids is 1. The van der Waals surface area contributed by atoms with Gasteiger partial charge in [-0.15, -0.1) is 0 Å². The van der Waals surface area contributed by atoms with Crippen LogP contribution < -0.4 is 0 Å². The largest absolute Gasteiger partial charge is 0.481 e. The van der Waals surface area contributed by atoms with Gasteiger partial charge in [0.1, 0.15) is 0 Å². The Morgan fingerprint density at radius 1 is 1.19 bits per heavy atom. The van der Waals surface area contributed by atoms with Crippen molar-refractivity contribution in [3.63, 3.8) is 0 Å². The van der Waals surface area contributed by atoms with Crippen molar-refractivity contribution in [2.75, 3.05) is 19.8 Å². The first-order chi connectivity index (χ1) is 7.17. The molecule has 0 rings (SSSR count). The van der Waals surface area contributed by atoms with Crippen LogP contribution in [0.5, 0.6) is 0 Å². The summed E-state index contributed by atoms with van der Waals surface area (Å²) in [4.78, 5) is 10.2. The van der Waals surface area contributed by atoms with Crippen LogP contribution in [0.25, 0.3) is 0 Å². The van der Waals surface area contributed by atoms with Crippen molar-refractivity contribution in [1.82, 2.24) is 0 Å². The quantitative estimate of drug-likeness (QED) is 0.555. The monoisotopic (exact) mass is 248 g/mol. The van der Waals surface area contributed by atoms with E-state index < -0.39 is 14.3 Å². The molecule has 96 valence electrons. The molecule has 16 heavy (non-hydrogen) atoms. The number of hydrogen-bond acceptors (Lipinski definition) is 3. The average Bonchev–Trinajstić information content (AvgIpc) is 2.08. The van der Waals surface area contributed by atoms with Crippen molar-refractivity contribution in [1.29, 1.82) is 0 Å². The predicted octanol–water partition coefficient (Wildman–Crippen LogP) is 2.50. The van der Waals surface area contributed by atoms with Gasteiger partial charge in [-0.25, -0.2) is 0 Å². The lowest BCUT2D eigenvalue weighted by molar-refractivity contribution is -0.138. The van der Waals surface area contributed by atoms with Crippen molar-refractivity contribution in [3.8, 4) is 0 Å². The van der Waals surface area contributed by atoms with Crippen molar-refractivity contribution < 1.29 is 19.1 Å². The maximum Gasteiger partial charge on any atom is 0.305 e. The van der Waals surface area contributed by atoms with E-state index >= 15 is 0 Å². The summed E-state index contributed by atoms with van der Waals surface area (Å²) in [5, 5.41) is 8.60. The van der Waals surface area contributed by atoms with Gasteiger partial charge < -0.3 is 14.3 Å². The number of carboxylic acids is 1. The van der Waals surface area contributed by atoms with E-state index in [0.717, 1.165) is 0 Å². The third-order valence-corrected chi connectivity index (χ3v) is 7.50. The van der Waals surface area contributed by atoms with Crippen LogP contribution in [0.2, 0.25) is 18.1 Å². The van der Waals surface area contributed by atoms with Crippen LogP contribution in [0, 0.1) is 0 Å². The minimum atomic E-state index is -1.68. The Labute approximate surface area is 99.1 Å². The molecule has 0 aromatic rings. The highest BCUT2D eigenvalue weighted by Gasteiger charge is 2.36. The van der Waals surface area contributed by atoms with E-state index in [9.17, 15) is 4.79 Å². The van der Waals surface area contributed by atoms with Gasteiger partial charge in [-0.1, -0.05) is 20.8 Å². The molecule has 0 saturated carbocycles. The van der Waals surface area contributed by atoms with Gasteiger partial charge in [-0.3, -0.25) is 4.79 Å². The van der Waals surface area contributed by atoms with Gasteiger partial charge in [0.25, 0.3) is 0 Å². The van der Waals surface area contributed by atoms with Gasteiger partial charge in [0.15, 0.2) is 8.32 Å². The Balaban J connectivity index is 3.63. The fourth-order valence-electron chi connectivity index (χ4n) is 0.834. The molecule has 0 aromatic carbocycles. The standard InChI is InChI=1S/C11H24O4Si/c1-11(2,3)16(4,5)15-9-8-14-7-6-10(12)13/h6-9H2,1-5H3,(H,12,13). The molecule has 0 radical (unpaired) electrons. The fourth-order valence-corrected chi connectivity index (χ4v) is 1.86. The van der Waals surface area contributed by atoms with E-state index in [-0.39, 0.29) is 18.1 Å². The first-order valence-electron chi connectivity index (χ1n) is 5.60. The van der Waals surface area contributed by atoms with Crippen LogP contribution in [0.1, 0.15) is 27.2 Å². The van der Waals surface area contributed by atoms with Crippen LogP contribution in [0.3, 0.4) is 0 Å². The SMILES string of the molecule is CC(C)(C)[Si](C)(C)OCCOCCC(=O)O. The van der Waals surface area contributed by atoms with E-state index in [4.69, 9.17) is 14.3 Å². The van der Waals surface area contributed by atoms with Gasteiger partial charge in [0, 0.05) is 0 Å². The number of carboxylic acid groups (broad SMARTS) is 1. The van der Waals surface area contributed by atoms with E-state index in [2.05, 4.69) is 33.9 Å². The smallest absolute Gasteiger partial charge is 0.305 e. The number of ether oxygens (including phenoxy) is 1. The lowest BCUT2D eigenvalue weighted by Crippen LogP contribution is -2.41. The van der Waals surface area contributed by atoms with Crippen molar-refractivity contribution in [2.24, 2.45) is 0 Å². The topological polar surface area (TPSA) is 55.8 Å². The van der Waals surface area contributed by atoms with Crippen LogP contribution in [0.4, 0.5) is 0 Å². The van der Waals surface area contributed by atoms with Crippen LogP contribution in [0.15, 0.2) is 0 Å². The molecule has 1 N–H and O–H groups in total. The maximum atomic E-state index is 10.2. The zero-order valence-corrected chi connectivity index (χ0v) is 12.0. The van der Waals surface area contributed by atoms with Crippen molar-refractivity contribution in [3.05, 3.63) is 0 Å². The zero-order chi connectivity index (χ0) is 12.8. The normalized spacial score (nSPS) is 12.8. The van der Waals surface area contributed by atoms with Crippen molar-refractivity contribution in [2.45, 2.75) is 45.3 Å². The Morgan fingerprint density at radius 3 is 2.19 bits per heavy atom. The molecule has 0 aromatic heterocycles. The number of rotatable bonds is 7. The van der Waals surface area contributed by atoms with Gasteiger partial charge in [0.2, 0.25) is 0 Å². The second-order valence-electron chi connectivity index (χ2n) is 5.36. The van der Waals surface area contributed by atoms with E-state index in [0.29, 0.717) is 13.2 Å². The second kappa shape index (κ2) is 6.37.